The molecule has 0 atom stereocenters. The Morgan fingerprint density at radius 2 is 2.24 bits per heavy atom. The Bertz CT molecular complexity index is 347. The van der Waals surface area contributed by atoms with Gasteiger partial charge in [0.1, 0.15) is 12.2 Å². The third-order valence-electron chi connectivity index (χ3n) is 3.50. The first-order chi connectivity index (χ1) is 8.29. The van der Waals surface area contributed by atoms with Crippen molar-refractivity contribution >= 4 is 15.9 Å². The van der Waals surface area contributed by atoms with Crippen LogP contribution in [0.15, 0.2) is 6.33 Å². The largest absolute Gasteiger partial charge is 0.381 e. The molecule has 0 bridgehead atoms. The predicted octanol–water partition coefficient (Wildman–Crippen LogP) is 2.42. The van der Waals surface area contributed by atoms with E-state index < -0.39 is 0 Å². The summed E-state index contributed by atoms with van der Waals surface area (Å²) in [5, 5.41) is 5.31. The Morgan fingerprint density at radius 1 is 1.47 bits per heavy atom. The standard InChI is InChI=1S/C12H20BrN3O/c1-2-5-16-11(14-10-15-16)8-12(9-13)3-6-17-7-4-12/h10H,2-9H2,1H3. The van der Waals surface area contributed by atoms with Crippen LogP contribution in [0.4, 0.5) is 0 Å². The Labute approximate surface area is 111 Å². The minimum absolute atomic E-state index is 0.302. The van der Waals surface area contributed by atoms with Gasteiger partial charge in [0.15, 0.2) is 0 Å². The molecule has 0 saturated carbocycles. The van der Waals surface area contributed by atoms with Crippen molar-refractivity contribution in [3.05, 3.63) is 12.2 Å². The summed E-state index contributed by atoms with van der Waals surface area (Å²) in [5.74, 6) is 1.12. The number of halogens is 1. The number of aryl methyl sites for hydroxylation is 1. The van der Waals surface area contributed by atoms with Gasteiger partial charge < -0.3 is 4.74 Å². The molecular weight excluding hydrogens is 282 g/mol. The number of aromatic nitrogens is 3. The lowest BCUT2D eigenvalue weighted by Gasteiger charge is -2.35. The van der Waals surface area contributed by atoms with Gasteiger partial charge in [-0.05, 0) is 24.7 Å². The summed E-state index contributed by atoms with van der Waals surface area (Å²) in [6, 6.07) is 0. The molecule has 1 fully saturated rings. The molecule has 0 aromatic carbocycles. The highest BCUT2D eigenvalue weighted by Gasteiger charge is 2.33. The molecule has 1 aromatic heterocycles. The number of rotatable bonds is 5. The summed E-state index contributed by atoms with van der Waals surface area (Å²) in [6.45, 7) is 4.87. The fourth-order valence-corrected chi connectivity index (χ4v) is 3.08. The molecule has 1 saturated heterocycles. The average Bonchev–Trinajstić information content (AvgIpc) is 2.78. The van der Waals surface area contributed by atoms with Crippen molar-refractivity contribution in [1.82, 2.24) is 14.8 Å². The number of alkyl halides is 1. The first-order valence-electron chi connectivity index (χ1n) is 6.30. The van der Waals surface area contributed by atoms with Gasteiger partial charge in [0.25, 0.3) is 0 Å². The van der Waals surface area contributed by atoms with E-state index in [-0.39, 0.29) is 0 Å². The van der Waals surface area contributed by atoms with E-state index in [1.807, 2.05) is 4.68 Å². The normalized spacial score (nSPS) is 19.4. The highest BCUT2D eigenvalue weighted by atomic mass is 79.9. The van der Waals surface area contributed by atoms with Crippen LogP contribution in [-0.4, -0.2) is 33.3 Å². The van der Waals surface area contributed by atoms with E-state index in [0.717, 1.165) is 56.6 Å². The van der Waals surface area contributed by atoms with Gasteiger partial charge in [-0.3, -0.25) is 4.68 Å². The molecule has 1 aliphatic rings. The number of hydrogen-bond acceptors (Lipinski definition) is 3. The molecule has 17 heavy (non-hydrogen) atoms. The van der Waals surface area contributed by atoms with Gasteiger partial charge >= 0.3 is 0 Å². The Morgan fingerprint density at radius 3 is 2.88 bits per heavy atom. The summed E-state index contributed by atoms with van der Waals surface area (Å²) in [6.07, 6.45) is 5.99. The van der Waals surface area contributed by atoms with E-state index >= 15 is 0 Å². The number of ether oxygens (including phenoxy) is 1. The predicted molar refractivity (Wildman–Crippen MR) is 70.3 cm³/mol. The minimum Gasteiger partial charge on any atom is -0.381 e. The quantitative estimate of drug-likeness (QED) is 0.784. The lowest BCUT2D eigenvalue weighted by atomic mass is 9.79. The second-order valence-electron chi connectivity index (χ2n) is 4.82. The van der Waals surface area contributed by atoms with Gasteiger partial charge in [-0.25, -0.2) is 4.98 Å². The van der Waals surface area contributed by atoms with Crippen molar-refractivity contribution in [3.63, 3.8) is 0 Å². The van der Waals surface area contributed by atoms with Crippen LogP contribution in [0.1, 0.15) is 32.0 Å². The first-order valence-corrected chi connectivity index (χ1v) is 7.42. The highest BCUT2D eigenvalue weighted by molar-refractivity contribution is 9.09. The maximum absolute atomic E-state index is 5.46. The van der Waals surface area contributed by atoms with Crippen molar-refractivity contribution < 1.29 is 4.74 Å². The number of nitrogens with zero attached hydrogens (tertiary/aromatic N) is 3. The molecule has 2 heterocycles. The molecule has 0 amide bonds. The van der Waals surface area contributed by atoms with E-state index in [2.05, 4.69) is 32.9 Å². The van der Waals surface area contributed by atoms with Crippen LogP contribution in [0.3, 0.4) is 0 Å². The SMILES string of the molecule is CCCn1ncnc1CC1(CBr)CCOCC1. The minimum atomic E-state index is 0.302. The zero-order valence-corrected chi connectivity index (χ0v) is 11.9. The lowest BCUT2D eigenvalue weighted by Crippen LogP contribution is -2.34. The molecule has 96 valence electrons. The van der Waals surface area contributed by atoms with E-state index in [4.69, 9.17) is 4.74 Å². The van der Waals surface area contributed by atoms with Crippen molar-refractivity contribution in [3.8, 4) is 0 Å². The van der Waals surface area contributed by atoms with Crippen molar-refractivity contribution in [2.24, 2.45) is 5.41 Å². The first kappa shape index (κ1) is 13.0. The van der Waals surface area contributed by atoms with Crippen LogP contribution < -0.4 is 0 Å². The van der Waals surface area contributed by atoms with E-state index in [1.54, 1.807) is 6.33 Å². The summed E-state index contributed by atoms with van der Waals surface area (Å²) in [7, 11) is 0. The average molecular weight is 302 g/mol. The zero-order chi connectivity index (χ0) is 12.1. The third-order valence-corrected chi connectivity index (χ3v) is 4.69. The molecule has 1 aliphatic heterocycles. The van der Waals surface area contributed by atoms with Crippen molar-refractivity contribution in [2.45, 2.75) is 39.2 Å². The summed E-state index contributed by atoms with van der Waals surface area (Å²) in [5.41, 5.74) is 0.302. The van der Waals surface area contributed by atoms with Crippen LogP contribution in [0.2, 0.25) is 0 Å². The summed E-state index contributed by atoms with van der Waals surface area (Å²) in [4.78, 5) is 4.41. The molecule has 0 spiro atoms. The molecule has 0 unspecified atom stereocenters. The molecule has 2 rings (SSSR count). The molecule has 4 nitrogen and oxygen atoms in total. The van der Waals surface area contributed by atoms with Crippen LogP contribution in [0.5, 0.6) is 0 Å². The number of hydrogen-bond donors (Lipinski definition) is 0. The maximum atomic E-state index is 5.46. The van der Waals surface area contributed by atoms with Crippen LogP contribution in [-0.2, 0) is 17.7 Å². The van der Waals surface area contributed by atoms with E-state index in [1.165, 1.54) is 0 Å². The molecule has 1 aromatic rings. The maximum Gasteiger partial charge on any atom is 0.138 e. The smallest absolute Gasteiger partial charge is 0.138 e. The molecule has 0 aliphatic carbocycles. The van der Waals surface area contributed by atoms with Gasteiger partial charge in [0, 0.05) is 31.5 Å². The van der Waals surface area contributed by atoms with Gasteiger partial charge in [0.2, 0.25) is 0 Å². The van der Waals surface area contributed by atoms with Gasteiger partial charge in [-0.2, -0.15) is 5.10 Å². The van der Waals surface area contributed by atoms with Crippen molar-refractivity contribution in [2.75, 3.05) is 18.5 Å². The fourth-order valence-electron chi connectivity index (χ4n) is 2.32. The van der Waals surface area contributed by atoms with Gasteiger partial charge in [-0.15, -0.1) is 0 Å². The Hall–Kier alpha value is -0.420. The fraction of sp³-hybridized carbons (Fsp3) is 0.833. The summed E-state index contributed by atoms with van der Waals surface area (Å²) < 4.78 is 7.50. The lowest BCUT2D eigenvalue weighted by molar-refractivity contribution is 0.0256. The van der Waals surface area contributed by atoms with Crippen LogP contribution in [0.25, 0.3) is 0 Å². The second kappa shape index (κ2) is 5.96. The van der Waals surface area contributed by atoms with Crippen LogP contribution in [0, 0.1) is 5.41 Å². The molecular formula is C12H20BrN3O. The molecule has 5 heteroatoms. The zero-order valence-electron chi connectivity index (χ0n) is 10.4. The highest BCUT2D eigenvalue weighted by Crippen LogP contribution is 2.35. The molecule has 0 radical (unpaired) electrons. The topological polar surface area (TPSA) is 39.9 Å². The van der Waals surface area contributed by atoms with Crippen LogP contribution >= 0.6 is 15.9 Å². The van der Waals surface area contributed by atoms with Crippen molar-refractivity contribution in [1.29, 1.82) is 0 Å². The third kappa shape index (κ3) is 3.07. The van der Waals surface area contributed by atoms with Gasteiger partial charge in [0.05, 0.1) is 0 Å². The Balaban J connectivity index is 2.09. The summed E-state index contributed by atoms with van der Waals surface area (Å²) >= 11 is 3.66. The second-order valence-corrected chi connectivity index (χ2v) is 5.38. The van der Waals surface area contributed by atoms with Gasteiger partial charge in [-0.1, -0.05) is 22.9 Å². The van der Waals surface area contributed by atoms with E-state index in [0.29, 0.717) is 5.41 Å². The monoisotopic (exact) mass is 301 g/mol. The Kier molecular flexibility index (Phi) is 4.56. The van der Waals surface area contributed by atoms with E-state index in [9.17, 15) is 0 Å². The molecule has 0 N–H and O–H groups in total.